The fraction of sp³-hybridized carbons (Fsp3) is 0.560. The zero-order valence-electron chi connectivity index (χ0n) is 86.3. The molecule has 8 fully saturated rings. The molecule has 0 bridgehead atoms. The average molecular weight is 2050 g/mol. The Labute approximate surface area is 851 Å². The lowest BCUT2D eigenvalue weighted by atomic mass is 9.65. The summed E-state index contributed by atoms with van der Waals surface area (Å²) in [6.07, 6.45) is 5.41. The van der Waals surface area contributed by atoms with Gasteiger partial charge in [-0.2, -0.15) is 0 Å². The molecule has 0 aliphatic carbocycles. The molecule has 6 N–H and O–H groups in total. The number of nitrogens with two attached hydrogens (primary N) is 1. The van der Waals surface area contributed by atoms with Crippen LogP contribution in [-0.2, 0) is 121 Å². The van der Waals surface area contributed by atoms with Crippen molar-refractivity contribution in [3.05, 3.63) is 252 Å². The lowest BCUT2D eigenvalue weighted by Crippen LogP contribution is -2.50. The van der Waals surface area contributed by atoms with E-state index in [4.69, 9.17) is 99.4 Å². The molecule has 802 valence electrons. The van der Waals surface area contributed by atoms with Crippen LogP contribution < -0.4 is 5.73 Å². The number of thiocarbonyl (C=S) groups is 1. The third kappa shape index (κ3) is 36.1. The summed E-state index contributed by atoms with van der Waals surface area (Å²) in [4.78, 5) is 38.2. The first-order valence-corrected chi connectivity index (χ1v) is 48.6. The van der Waals surface area contributed by atoms with Crippen molar-refractivity contribution in [3.63, 3.8) is 0 Å². The third-order valence-electron chi connectivity index (χ3n) is 26.2. The van der Waals surface area contributed by atoms with Gasteiger partial charge in [0.25, 0.3) is 0 Å². The topological polar surface area (TPSA) is 358 Å². The van der Waals surface area contributed by atoms with Gasteiger partial charge in [-0.25, -0.2) is 22.0 Å². The molecule has 8 saturated heterocycles. The van der Waals surface area contributed by atoms with Crippen LogP contribution in [0.5, 0.6) is 0 Å². The molecule has 0 aromatic heterocycles. The Hall–Kier alpha value is -8.65. The number of aldehydes is 1. The van der Waals surface area contributed by atoms with Gasteiger partial charge in [0.2, 0.25) is 6.29 Å². The molecule has 0 amide bonds. The minimum atomic E-state index is -0.944. The van der Waals surface area contributed by atoms with Crippen LogP contribution in [0, 0.1) is 58.7 Å². The van der Waals surface area contributed by atoms with Crippen LogP contribution in [0.3, 0.4) is 0 Å². The van der Waals surface area contributed by atoms with Crippen LogP contribution >= 0.6 is 12.2 Å². The molecule has 29 nitrogen and oxygen atoms in total. The van der Waals surface area contributed by atoms with Gasteiger partial charge in [0, 0.05) is 120 Å². The maximum atomic E-state index is 14.7. The highest BCUT2D eigenvalue weighted by atomic mass is 32.1. The Balaban J connectivity index is 0.000000286. The smallest absolute Gasteiger partial charge is 0.216 e. The normalized spacial score (nSPS) is 26.3. The van der Waals surface area contributed by atoms with Gasteiger partial charge in [0.1, 0.15) is 60.3 Å². The lowest BCUT2D eigenvalue weighted by molar-refractivity contribution is -0.171. The van der Waals surface area contributed by atoms with Crippen molar-refractivity contribution in [3.8, 4) is 0 Å². The summed E-state index contributed by atoms with van der Waals surface area (Å²) in [5.74, 6) is -0.843. The third-order valence-corrected chi connectivity index (χ3v) is 26.5. The van der Waals surface area contributed by atoms with Gasteiger partial charge in [-0.15, -0.1) is 19.7 Å². The Morgan fingerprint density at radius 3 is 1.43 bits per heavy atom. The number of aliphatic hydroxyl groups excluding tert-OH is 3. The molecule has 20 atom stereocenters. The molecule has 6 aromatic carbocycles. The van der Waals surface area contributed by atoms with E-state index in [1.165, 1.54) is 71.9 Å². The van der Waals surface area contributed by atoms with E-state index in [1.807, 2.05) is 103 Å². The summed E-state index contributed by atoms with van der Waals surface area (Å²) in [7, 11) is 9.00. The van der Waals surface area contributed by atoms with Crippen LogP contribution in [0.1, 0.15) is 140 Å². The van der Waals surface area contributed by atoms with Gasteiger partial charge in [-0.1, -0.05) is 162 Å². The zero-order valence-corrected chi connectivity index (χ0v) is 87.1. The predicted molar refractivity (Wildman–Crippen MR) is 542 cm³/mol. The molecular formula is C109H154F5N3O26S. The van der Waals surface area contributed by atoms with Crippen LogP contribution in [0.25, 0.3) is 0 Å². The minimum absolute atomic E-state index is 0.00259. The average Bonchev–Trinajstić information content (AvgIpc) is 1.58. The number of ketones is 2. The van der Waals surface area contributed by atoms with Gasteiger partial charge in [0.05, 0.1) is 169 Å². The molecule has 35 heteroatoms. The molecule has 5 unspecified atom stereocenters. The van der Waals surface area contributed by atoms with E-state index in [2.05, 4.69) is 49.0 Å². The number of carbonyl (C=O) groups excluding carboxylic acids is 3. The number of hydrogen-bond donors (Lipinski definition) is 5. The highest BCUT2D eigenvalue weighted by Gasteiger charge is 2.58. The van der Waals surface area contributed by atoms with Gasteiger partial charge >= 0.3 is 0 Å². The first-order chi connectivity index (χ1) is 69.1. The van der Waals surface area contributed by atoms with E-state index < -0.39 is 29.6 Å². The second-order valence-electron chi connectivity index (χ2n) is 35.6. The van der Waals surface area contributed by atoms with Crippen molar-refractivity contribution in [2.45, 2.75) is 203 Å². The number of methoxy groups -OCH3 is 6. The fourth-order valence-electron chi connectivity index (χ4n) is 18.0. The maximum absolute atomic E-state index is 14.7. The predicted octanol–water partition coefficient (Wildman–Crippen LogP) is 15.7. The van der Waals surface area contributed by atoms with Crippen LogP contribution in [0.15, 0.2) is 200 Å². The van der Waals surface area contributed by atoms with E-state index in [9.17, 15) is 46.5 Å². The summed E-state index contributed by atoms with van der Waals surface area (Å²) < 4.78 is 164. The Kier molecular flexibility index (Phi) is 58.2. The van der Waals surface area contributed by atoms with Crippen molar-refractivity contribution in [2.75, 3.05) is 162 Å². The number of ether oxygens (including phenoxy) is 18. The first-order valence-electron chi connectivity index (χ1n) is 48.2. The molecule has 0 saturated carbocycles. The second kappa shape index (κ2) is 66.6. The molecule has 15 rings (SSSR count). The van der Waals surface area contributed by atoms with E-state index in [-0.39, 0.29) is 150 Å². The van der Waals surface area contributed by atoms with Crippen molar-refractivity contribution < 1.29 is 147 Å². The van der Waals surface area contributed by atoms with Crippen LogP contribution in [0.4, 0.5) is 22.0 Å². The van der Waals surface area contributed by atoms with E-state index in [0.717, 1.165) is 42.8 Å². The number of halogens is 5. The molecule has 6 aromatic rings. The standard InChI is InChI=1S/C22H23FO3S.2C13H15FO2.C13H17FO2.C12H16FNO2.C8H16O3.C6H9NO2.C6H11NO2.C6H10O2.C5H12O3.C5H10O3/c1-15-22(17(13-24)14-26-15,19-9-5-6-10-20(19)23)12-18(27)11-21(25)16-7-3-2-4-8-16;2*1-9-13(8-15-6-10(13)7-16-9)11-4-2-3-5-12(11)14;1-10-12(9-15-7-4-8-16-10)11-5-2-3-6-13(11)14;1-8-12(14,9(6-15)7-16-8)10-4-2-3-5-11(10)13;1-5-6-11-7(2)8(9-3)10-4;1-4-6-5(2-8-4)3-9-7-6;1-3-4-9-6(2)5-7-8;1-3-4-8-6(2)5-7;2*1-4(6)5(7-2)8-3/h2-10,15,17,24H,11-14H2,1H3;2*2-5,9-10H,6-8H2,1H3;2-3,5-6,10,12H,4,7-9H2,1H3;2-5,8-9,15H,6-7,14H2,1H3;5,7-8H,1,6H2,2-4H3;4-5H,2-3H2,1H3;3,5-6,8H,1,4H2,2H3;3,5-6H,1,4H2,2H3;4-6H,1-3H3;5H,1-3H3/b;;;;;;;7-5+;;;/t15-,17+,22+;2*9-,10+,13+;10-,12-;8-,9+,12-;;4?,5-;;;;/m00010.0..../s1. The van der Waals surface area contributed by atoms with Crippen molar-refractivity contribution in [1.29, 1.82) is 0 Å². The van der Waals surface area contributed by atoms with Gasteiger partial charge in [-0.05, 0) is 142 Å². The molecule has 9 heterocycles. The molecule has 0 radical (unpaired) electrons. The number of fused-ring (bicyclic) bond motifs is 3. The molecule has 9 aliphatic heterocycles. The van der Waals surface area contributed by atoms with Crippen molar-refractivity contribution in [1.82, 2.24) is 0 Å². The fourth-order valence-corrected chi connectivity index (χ4v) is 18.4. The number of Topliss-reactive ketones (excluding diaryl/α,β-unsaturated/α-hetero) is 2. The van der Waals surface area contributed by atoms with E-state index >= 15 is 0 Å². The summed E-state index contributed by atoms with van der Waals surface area (Å²) in [6, 6.07) is 42.8. The first kappa shape index (κ1) is 126. The Morgan fingerprint density at radius 1 is 0.528 bits per heavy atom. The van der Waals surface area contributed by atoms with Gasteiger partial charge < -0.3 is 121 Å². The van der Waals surface area contributed by atoms with Crippen molar-refractivity contribution >= 4 is 46.9 Å². The summed E-state index contributed by atoms with van der Waals surface area (Å²) in [6.45, 7) is 39.7. The monoisotopic (exact) mass is 2050 g/mol. The molecular weight excluding hydrogens is 1890 g/mol. The maximum Gasteiger partial charge on any atom is 0.216 e. The summed E-state index contributed by atoms with van der Waals surface area (Å²) in [5, 5.41) is 42.7. The largest absolute Gasteiger partial charge is 0.411 e. The van der Waals surface area contributed by atoms with Gasteiger partial charge in [-0.3, -0.25) is 9.59 Å². The van der Waals surface area contributed by atoms with Crippen LogP contribution in [-0.4, -0.2) is 297 Å². The zero-order chi connectivity index (χ0) is 107. The molecule has 9 aliphatic rings. The highest BCUT2D eigenvalue weighted by molar-refractivity contribution is 7.80. The molecule has 0 spiro atoms. The quantitative estimate of drug-likeness (QED) is 0.00301. The number of rotatable bonds is 32. The van der Waals surface area contributed by atoms with E-state index in [0.29, 0.717) is 144 Å². The number of hydrogen-bond acceptors (Lipinski definition) is 30. The SMILES string of the molecule is C=CCOC(C)/C=N/O.C=CCOC(C)C(OC)OC.C=CCOC(C)C=O.CC1OC[C@H]2CON=C12.COC(OC)C(C)=O.COC(OC)C(C)O.C[C@@H]1OC[C@@H](CO)[C@]1(CC(=S)CC(=O)c1ccccc1)c1ccccc1F.C[C@@H]1OC[C@@H](CO)[C@]1(N)c1ccccc1F.C[C@@H]1OC[C@H]2COC[C@]21c1ccccc1F.C[C@@H]1OC[C@H]2COC[C@]21c1ccccc1F.C[C@H]1OCCCOC[C@H]1c1ccccc1F. The van der Waals surface area contributed by atoms with Gasteiger partial charge in [0.15, 0.2) is 24.1 Å². The Bertz CT molecular complexity index is 4700. The Morgan fingerprint density at radius 2 is 0.986 bits per heavy atom. The number of benzene rings is 6. The minimum Gasteiger partial charge on any atom is -0.411 e. The summed E-state index contributed by atoms with van der Waals surface area (Å²) >= 11 is 5.56. The van der Waals surface area contributed by atoms with E-state index in [1.54, 1.807) is 120 Å². The number of oxime groups is 2. The molecule has 144 heavy (non-hydrogen) atoms. The lowest BCUT2D eigenvalue weighted by Gasteiger charge is -2.38. The number of carbonyl (C=O) groups is 3. The highest BCUT2D eigenvalue weighted by Crippen LogP contribution is 2.51. The summed E-state index contributed by atoms with van der Waals surface area (Å²) in [5.41, 5.74) is 8.78. The number of aliphatic hydroxyl groups is 3. The van der Waals surface area contributed by atoms with Crippen molar-refractivity contribution in [2.24, 2.45) is 45.6 Å². The van der Waals surface area contributed by atoms with Crippen LogP contribution in [0.2, 0.25) is 0 Å². The number of nitrogens with zero attached hydrogens (tertiary/aromatic N) is 2. The second-order valence-corrected chi connectivity index (χ2v) is 36.2.